The van der Waals surface area contributed by atoms with E-state index in [9.17, 15) is 0 Å². The van der Waals surface area contributed by atoms with Crippen LogP contribution < -0.4 is 10.5 Å². The van der Waals surface area contributed by atoms with Crippen LogP contribution >= 0.6 is 11.6 Å². The average Bonchev–Trinajstić information content (AvgIpc) is 2.77. The van der Waals surface area contributed by atoms with Crippen LogP contribution in [0.1, 0.15) is 19.8 Å². The summed E-state index contributed by atoms with van der Waals surface area (Å²) in [6.45, 7) is 3.96. The van der Waals surface area contributed by atoms with Gasteiger partial charge in [-0.3, -0.25) is 4.99 Å². The first-order chi connectivity index (χ1) is 13.6. The third kappa shape index (κ3) is 4.21. The molecule has 2 aromatic carbocycles. The maximum atomic E-state index is 6.39. The van der Waals surface area contributed by atoms with Crippen LogP contribution in [0.25, 0.3) is 11.1 Å². The summed E-state index contributed by atoms with van der Waals surface area (Å²) in [6, 6.07) is 13.7. The number of aliphatic imine (C=N–C) groups is 2. The number of hydrogen-bond donors (Lipinski definition) is 1. The molecule has 2 heterocycles. The minimum Gasteiger partial charge on any atom is -0.486 e. The fourth-order valence-corrected chi connectivity index (χ4v) is 3.77. The highest BCUT2D eigenvalue weighted by molar-refractivity contribution is 6.40. The Morgan fingerprint density at radius 1 is 1.14 bits per heavy atom. The van der Waals surface area contributed by atoms with Crippen molar-refractivity contribution >= 4 is 28.8 Å². The van der Waals surface area contributed by atoms with E-state index in [1.165, 1.54) is 0 Å². The molecule has 0 unspecified atom stereocenters. The number of ether oxygens (including phenoxy) is 2. The number of halogens is 1. The lowest BCUT2D eigenvalue weighted by Crippen LogP contribution is -2.36. The molecule has 0 bridgehead atoms. The Bertz CT molecular complexity index is 920. The van der Waals surface area contributed by atoms with Gasteiger partial charge in [0.15, 0.2) is 0 Å². The largest absolute Gasteiger partial charge is 0.486 e. The van der Waals surface area contributed by atoms with Gasteiger partial charge in [-0.2, -0.15) is 0 Å². The smallest absolute Gasteiger partial charge is 0.145 e. The number of nitrogens with zero attached hydrogens (tertiary/aromatic N) is 2. The minimum atomic E-state index is -0.0629. The summed E-state index contributed by atoms with van der Waals surface area (Å²) in [6.07, 6.45) is 2.06. The second-order valence-corrected chi connectivity index (χ2v) is 7.69. The van der Waals surface area contributed by atoms with Crippen molar-refractivity contribution in [2.24, 2.45) is 21.6 Å². The van der Waals surface area contributed by atoms with Crippen molar-refractivity contribution in [2.45, 2.75) is 25.9 Å². The molecule has 0 radical (unpaired) electrons. The molecule has 1 fully saturated rings. The van der Waals surface area contributed by atoms with E-state index in [0.29, 0.717) is 41.4 Å². The van der Waals surface area contributed by atoms with Gasteiger partial charge in [0.2, 0.25) is 0 Å². The van der Waals surface area contributed by atoms with Crippen LogP contribution in [0.5, 0.6) is 5.75 Å². The molecule has 2 aliphatic rings. The fraction of sp³-hybridized carbons (Fsp3) is 0.364. The second kappa shape index (κ2) is 8.33. The summed E-state index contributed by atoms with van der Waals surface area (Å²) < 4.78 is 12.1. The van der Waals surface area contributed by atoms with E-state index in [1.807, 2.05) is 49.4 Å². The Kier molecular flexibility index (Phi) is 5.64. The van der Waals surface area contributed by atoms with Crippen molar-refractivity contribution in [2.75, 3.05) is 19.8 Å². The van der Waals surface area contributed by atoms with E-state index in [4.69, 9.17) is 26.8 Å². The molecular weight excluding hydrogens is 374 g/mol. The van der Waals surface area contributed by atoms with Crippen molar-refractivity contribution in [3.63, 3.8) is 0 Å². The van der Waals surface area contributed by atoms with Crippen LogP contribution in [0, 0.1) is 5.92 Å². The predicted molar refractivity (Wildman–Crippen MR) is 114 cm³/mol. The Balaban J connectivity index is 1.73. The molecule has 1 saturated heterocycles. The number of hydrogen-bond acceptors (Lipinski definition) is 5. The predicted octanol–water partition coefficient (Wildman–Crippen LogP) is 4.64. The first-order valence-corrected chi connectivity index (χ1v) is 9.98. The van der Waals surface area contributed by atoms with Crippen molar-refractivity contribution in [1.82, 2.24) is 0 Å². The van der Waals surface area contributed by atoms with Gasteiger partial charge >= 0.3 is 0 Å². The number of benzene rings is 2. The molecule has 0 aliphatic carbocycles. The molecule has 2 atom stereocenters. The van der Waals surface area contributed by atoms with Crippen LogP contribution in [0.15, 0.2) is 52.4 Å². The summed E-state index contributed by atoms with van der Waals surface area (Å²) in [7, 11) is 0. The zero-order valence-corrected chi connectivity index (χ0v) is 16.7. The van der Waals surface area contributed by atoms with Crippen molar-refractivity contribution < 1.29 is 9.47 Å². The van der Waals surface area contributed by atoms with E-state index in [1.54, 1.807) is 0 Å². The summed E-state index contributed by atoms with van der Waals surface area (Å²) in [5.74, 6) is 1.44. The number of amidine groups is 1. The fourth-order valence-electron chi connectivity index (χ4n) is 3.58. The molecule has 2 aromatic rings. The topological polar surface area (TPSA) is 69.2 Å². The second-order valence-electron chi connectivity index (χ2n) is 7.25. The Morgan fingerprint density at radius 3 is 2.79 bits per heavy atom. The van der Waals surface area contributed by atoms with E-state index in [0.717, 1.165) is 36.3 Å². The Hall–Kier alpha value is -2.37. The molecule has 2 aliphatic heterocycles. The maximum Gasteiger partial charge on any atom is 0.145 e. The van der Waals surface area contributed by atoms with Gasteiger partial charge in [-0.25, -0.2) is 4.99 Å². The van der Waals surface area contributed by atoms with E-state index in [2.05, 4.69) is 9.98 Å². The standard InChI is InChI=1S/C22H24ClN3O2/c1-14-22(24)26-19-11-16(15-4-2-6-18(23)10-15)7-8-20(19)28-21(12-25-14)17-5-3-9-27-13-17/h2,4,6-8,10-11,17,21H,3,5,9,12-13H2,1H3,(H2,24,26)/b25-14-/t17-,21-/m0/s1. The molecular formula is C22H24ClN3O2. The van der Waals surface area contributed by atoms with Crippen LogP contribution in [-0.2, 0) is 4.74 Å². The van der Waals surface area contributed by atoms with Gasteiger partial charge in [-0.1, -0.05) is 29.8 Å². The number of nitrogens with two attached hydrogens (primary N) is 1. The van der Waals surface area contributed by atoms with Gasteiger partial charge in [0, 0.05) is 17.5 Å². The zero-order chi connectivity index (χ0) is 19.5. The molecule has 4 rings (SSSR count). The lowest BCUT2D eigenvalue weighted by Gasteiger charge is -2.30. The SMILES string of the molecule is CC1=N/C[C@@H]([C@H]2CCCOC2)Oc2ccc(-c3cccc(Cl)c3)cc2/N=C\1N. The summed E-state index contributed by atoms with van der Waals surface area (Å²) in [4.78, 5) is 9.22. The van der Waals surface area contributed by atoms with E-state index >= 15 is 0 Å². The zero-order valence-electron chi connectivity index (χ0n) is 15.9. The van der Waals surface area contributed by atoms with E-state index in [-0.39, 0.29) is 6.10 Å². The molecule has 0 aromatic heterocycles. The van der Waals surface area contributed by atoms with Gasteiger partial charge in [0.1, 0.15) is 23.4 Å². The third-order valence-corrected chi connectivity index (χ3v) is 5.47. The van der Waals surface area contributed by atoms with Crippen LogP contribution in [0.2, 0.25) is 5.02 Å². The Labute approximate surface area is 170 Å². The molecule has 0 spiro atoms. The summed E-state index contributed by atoms with van der Waals surface area (Å²) in [5.41, 5.74) is 9.64. The molecule has 0 saturated carbocycles. The average molecular weight is 398 g/mol. The highest BCUT2D eigenvalue weighted by atomic mass is 35.5. The van der Waals surface area contributed by atoms with Crippen molar-refractivity contribution in [3.05, 3.63) is 47.5 Å². The van der Waals surface area contributed by atoms with Crippen LogP contribution in [0.3, 0.4) is 0 Å². The van der Waals surface area contributed by atoms with Gasteiger partial charge in [0.05, 0.1) is 18.9 Å². The van der Waals surface area contributed by atoms with Gasteiger partial charge < -0.3 is 15.2 Å². The highest BCUT2D eigenvalue weighted by Gasteiger charge is 2.27. The minimum absolute atomic E-state index is 0.0629. The van der Waals surface area contributed by atoms with Crippen LogP contribution in [0.4, 0.5) is 5.69 Å². The molecule has 5 nitrogen and oxygen atoms in total. The first-order valence-electron chi connectivity index (χ1n) is 9.60. The van der Waals surface area contributed by atoms with Gasteiger partial charge in [-0.05, 0) is 55.2 Å². The Morgan fingerprint density at radius 2 is 2.00 bits per heavy atom. The summed E-state index contributed by atoms with van der Waals surface area (Å²) >= 11 is 6.15. The lowest BCUT2D eigenvalue weighted by atomic mass is 9.95. The highest BCUT2D eigenvalue weighted by Crippen LogP contribution is 2.36. The summed E-state index contributed by atoms with van der Waals surface area (Å²) in [5, 5.41) is 0.695. The molecule has 2 N–H and O–H groups in total. The first kappa shape index (κ1) is 19.0. The quantitative estimate of drug-likeness (QED) is 0.802. The molecule has 6 heteroatoms. The number of rotatable bonds is 2. The lowest BCUT2D eigenvalue weighted by molar-refractivity contribution is 0.00429. The monoisotopic (exact) mass is 397 g/mol. The molecule has 28 heavy (non-hydrogen) atoms. The normalized spacial score (nSPS) is 26.4. The van der Waals surface area contributed by atoms with E-state index < -0.39 is 0 Å². The third-order valence-electron chi connectivity index (χ3n) is 5.24. The number of fused-ring (bicyclic) bond motifs is 1. The maximum absolute atomic E-state index is 6.39. The molecule has 0 amide bonds. The van der Waals surface area contributed by atoms with Crippen LogP contribution in [-0.4, -0.2) is 37.4 Å². The molecule has 146 valence electrons. The van der Waals surface area contributed by atoms with Gasteiger partial charge in [-0.15, -0.1) is 0 Å². The van der Waals surface area contributed by atoms with Crippen molar-refractivity contribution in [3.8, 4) is 16.9 Å². The van der Waals surface area contributed by atoms with Crippen molar-refractivity contribution in [1.29, 1.82) is 0 Å². The van der Waals surface area contributed by atoms with Gasteiger partial charge in [0.25, 0.3) is 0 Å².